The lowest BCUT2D eigenvalue weighted by Gasteiger charge is -2.49. The lowest BCUT2D eigenvalue weighted by Crippen LogP contribution is -2.69. The first kappa shape index (κ1) is 16.6. The first-order valence-electron chi connectivity index (χ1n) is 9.30. The van der Waals surface area contributed by atoms with Crippen molar-refractivity contribution in [3.63, 3.8) is 0 Å². The van der Waals surface area contributed by atoms with Gasteiger partial charge in [0.15, 0.2) is 0 Å². The molecular weight excluding hydrogens is 348 g/mol. The van der Waals surface area contributed by atoms with Crippen molar-refractivity contribution >= 4 is 17.9 Å². The molecule has 0 bridgehead atoms. The molecule has 7 heteroatoms. The Kier molecular flexibility index (Phi) is 3.37. The first-order valence-corrected chi connectivity index (χ1v) is 9.30. The Balaban J connectivity index is 1.71. The third-order valence-corrected chi connectivity index (χ3v) is 6.63. The lowest BCUT2D eigenvalue weighted by atomic mass is 9.64. The fourth-order valence-corrected chi connectivity index (χ4v) is 5.75. The molecule has 1 saturated carbocycles. The molecule has 5 rings (SSSR count). The summed E-state index contributed by atoms with van der Waals surface area (Å²) in [6.45, 7) is 4.25. The molecule has 1 aromatic carbocycles. The summed E-state index contributed by atoms with van der Waals surface area (Å²) in [5, 5.41) is 0. The molecule has 0 aromatic heterocycles. The first-order chi connectivity index (χ1) is 13.1. The number of methoxy groups -OCH3 is 1. The van der Waals surface area contributed by atoms with Gasteiger partial charge in [-0.05, 0) is 30.9 Å². The molecule has 0 radical (unpaired) electrons. The zero-order chi connectivity index (χ0) is 18.8. The topological polar surface area (TPSA) is 71.6 Å². The number of ether oxygens (including phenoxy) is 3. The van der Waals surface area contributed by atoms with Crippen LogP contribution in [0.1, 0.15) is 24.8 Å². The van der Waals surface area contributed by atoms with Crippen LogP contribution in [-0.2, 0) is 19.6 Å². The summed E-state index contributed by atoms with van der Waals surface area (Å²) in [6.07, 6.45) is 2.97. The number of anilines is 1. The molecule has 0 unspecified atom stereocenters. The van der Waals surface area contributed by atoms with E-state index in [0.29, 0.717) is 13.0 Å². The number of likely N-dealkylation sites (tertiary alicyclic amines) is 1. The van der Waals surface area contributed by atoms with Gasteiger partial charge in [-0.15, -0.1) is 0 Å². The monoisotopic (exact) mass is 370 g/mol. The summed E-state index contributed by atoms with van der Waals surface area (Å²) in [7, 11) is 1.37. The van der Waals surface area contributed by atoms with E-state index in [1.165, 1.54) is 7.11 Å². The van der Waals surface area contributed by atoms with Gasteiger partial charge in [0.25, 0.3) is 0 Å². The van der Waals surface area contributed by atoms with E-state index in [2.05, 4.69) is 12.6 Å². The molecule has 1 aliphatic carbocycles. The van der Waals surface area contributed by atoms with Crippen LogP contribution >= 0.6 is 0 Å². The predicted molar refractivity (Wildman–Crippen MR) is 96.5 cm³/mol. The summed E-state index contributed by atoms with van der Waals surface area (Å²) in [6, 6.07) is 7.85. The summed E-state index contributed by atoms with van der Waals surface area (Å²) < 4.78 is 16.6. The van der Waals surface area contributed by atoms with E-state index in [4.69, 9.17) is 14.2 Å². The smallest absolute Gasteiger partial charge is 0.415 e. The molecule has 7 nitrogen and oxygen atoms in total. The third-order valence-electron chi connectivity index (χ3n) is 6.63. The molecule has 4 aliphatic rings. The van der Waals surface area contributed by atoms with Crippen molar-refractivity contribution in [3.05, 3.63) is 42.5 Å². The predicted octanol–water partition coefficient (Wildman–Crippen LogP) is 2.80. The second-order valence-electron chi connectivity index (χ2n) is 7.51. The van der Waals surface area contributed by atoms with Gasteiger partial charge < -0.3 is 14.2 Å². The molecule has 142 valence electrons. The normalized spacial score (nSPS) is 34.9. The van der Waals surface area contributed by atoms with Gasteiger partial charge in [-0.3, -0.25) is 9.80 Å². The van der Waals surface area contributed by atoms with Crippen molar-refractivity contribution in [1.29, 1.82) is 0 Å². The van der Waals surface area contributed by atoms with Crippen molar-refractivity contribution in [2.45, 2.75) is 42.5 Å². The molecule has 27 heavy (non-hydrogen) atoms. The molecule has 2 amide bonds. The van der Waals surface area contributed by atoms with Gasteiger partial charge >= 0.3 is 12.2 Å². The van der Waals surface area contributed by atoms with Crippen LogP contribution in [0.5, 0.6) is 0 Å². The minimum Gasteiger partial charge on any atom is -0.452 e. The molecule has 2 saturated heterocycles. The molecule has 3 aliphatic heterocycles. The maximum Gasteiger partial charge on any atom is 0.415 e. The molecular formula is C20H22N2O5. The van der Waals surface area contributed by atoms with E-state index in [1.807, 2.05) is 18.2 Å². The fourth-order valence-electron chi connectivity index (χ4n) is 5.75. The number of epoxide rings is 1. The minimum atomic E-state index is -0.861. The Bertz CT molecular complexity index is 841. The van der Waals surface area contributed by atoms with Crippen molar-refractivity contribution in [2.75, 3.05) is 25.2 Å². The second kappa shape index (κ2) is 5.48. The van der Waals surface area contributed by atoms with Crippen molar-refractivity contribution in [3.8, 4) is 0 Å². The Morgan fingerprint density at radius 3 is 2.93 bits per heavy atom. The highest BCUT2D eigenvalue weighted by Crippen LogP contribution is 2.69. The molecule has 1 aromatic rings. The third kappa shape index (κ3) is 1.80. The number of carbonyl (C=O) groups is 2. The van der Waals surface area contributed by atoms with E-state index in [9.17, 15) is 9.59 Å². The van der Waals surface area contributed by atoms with Crippen LogP contribution in [0.4, 0.5) is 15.3 Å². The number of hydrogen-bond donors (Lipinski definition) is 0. The Labute approximate surface area is 157 Å². The van der Waals surface area contributed by atoms with Crippen LogP contribution in [-0.4, -0.2) is 55.2 Å². The molecule has 3 fully saturated rings. The number of para-hydroxylation sites is 1. The summed E-state index contributed by atoms with van der Waals surface area (Å²) in [4.78, 5) is 29.3. The fraction of sp³-hybridized carbons (Fsp3) is 0.500. The van der Waals surface area contributed by atoms with Crippen molar-refractivity contribution in [2.24, 2.45) is 0 Å². The summed E-state index contributed by atoms with van der Waals surface area (Å²) in [5.41, 5.74) is 0.538. The lowest BCUT2D eigenvalue weighted by molar-refractivity contribution is 0.0391. The number of nitrogens with zero attached hydrogens (tertiary/aromatic N) is 2. The second-order valence-corrected chi connectivity index (χ2v) is 7.51. The highest BCUT2D eigenvalue weighted by atomic mass is 16.6. The average Bonchev–Trinajstić information content (AvgIpc) is 3.34. The van der Waals surface area contributed by atoms with Crippen LogP contribution in [0.2, 0.25) is 0 Å². The Morgan fingerprint density at radius 1 is 1.33 bits per heavy atom. The van der Waals surface area contributed by atoms with Gasteiger partial charge in [-0.25, -0.2) is 9.59 Å². The van der Waals surface area contributed by atoms with E-state index in [-0.39, 0.29) is 18.8 Å². The zero-order valence-corrected chi connectivity index (χ0v) is 15.2. The quantitative estimate of drug-likeness (QED) is 0.591. The van der Waals surface area contributed by atoms with Gasteiger partial charge in [-0.1, -0.05) is 30.9 Å². The van der Waals surface area contributed by atoms with Crippen molar-refractivity contribution < 1.29 is 23.8 Å². The SMILES string of the molecule is C=CCOC(=O)N1CC[C@@]23c4ccccc4N(C(=O)OC)[C@@]12CC[C@H]1O[C@H]13. The Morgan fingerprint density at radius 2 is 2.15 bits per heavy atom. The molecule has 0 N–H and O–H groups in total. The number of carbonyl (C=O) groups excluding carboxylic acids is 2. The molecule has 4 atom stereocenters. The van der Waals surface area contributed by atoms with Crippen LogP contribution in [0.15, 0.2) is 36.9 Å². The highest BCUT2D eigenvalue weighted by molar-refractivity contribution is 5.96. The van der Waals surface area contributed by atoms with Crippen LogP contribution in [0.3, 0.4) is 0 Å². The van der Waals surface area contributed by atoms with Gasteiger partial charge in [0.2, 0.25) is 0 Å². The van der Waals surface area contributed by atoms with Gasteiger partial charge in [0.1, 0.15) is 12.3 Å². The van der Waals surface area contributed by atoms with Crippen LogP contribution < -0.4 is 4.90 Å². The van der Waals surface area contributed by atoms with Crippen molar-refractivity contribution in [1.82, 2.24) is 4.90 Å². The minimum absolute atomic E-state index is 0.000685. The van der Waals surface area contributed by atoms with E-state index >= 15 is 0 Å². The summed E-state index contributed by atoms with van der Waals surface area (Å²) >= 11 is 0. The number of rotatable bonds is 2. The zero-order valence-electron chi connectivity index (χ0n) is 15.2. The van der Waals surface area contributed by atoms with E-state index in [1.54, 1.807) is 15.9 Å². The number of hydrogen-bond acceptors (Lipinski definition) is 5. The van der Waals surface area contributed by atoms with Crippen LogP contribution in [0, 0.1) is 0 Å². The maximum atomic E-state index is 13.0. The standard InChI is InChI=1S/C20H22N2O5/c1-3-12-26-17(23)21-11-10-19-13-6-4-5-7-14(13)22(18(24)25-2)20(19,21)9-8-15-16(19)27-15/h3-7,15-16H,1,8-12H2,2H3/t15-,16-,19+,20-/m1/s1. The van der Waals surface area contributed by atoms with Crippen LogP contribution in [0.25, 0.3) is 0 Å². The summed E-state index contributed by atoms with van der Waals surface area (Å²) in [5.74, 6) is 0. The van der Waals surface area contributed by atoms with E-state index < -0.39 is 23.3 Å². The largest absolute Gasteiger partial charge is 0.452 e. The highest BCUT2D eigenvalue weighted by Gasteiger charge is 2.80. The van der Waals surface area contributed by atoms with Gasteiger partial charge in [0.05, 0.1) is 30.4 Å². The average molecular weight is 370 g/mol. The van der Waals surface area contributed by atoms with Gasteiger partial charge in [0, 0.05) is 6.54 Å². The molecule has 3 heterocycles. The maximum absolute atomic E-state index is 13.0. The Hall–Kier alpha value is -2.54. The number of amides is 2. The molecule has 0 spiro atoms. The number of fused-ring (bicyclic) bond motifs is 2. The van der Waals surface area contributed by atoms with E-state index in [0.717, 1.165) is 24.1 Å². The van der Waals surface area contributed by atoms with Gasteiger partial charge in [-0.2, -0.15) is 0 Å². The number of benzene rings is 1.